The first-order valence-corrected chi connectivity index (χ1v) is 12.3. The standard InChI is InChI=1S/C27H31NO5S/c1-27(2,3)21-12-14-23(15-13-21)34(29,30)28-22-9-7-8-19(16-22)10-11-20-17-24(31-4)26(33-6)25(18-20)32-5/h7-18,28H,1-6H3/b11-10-. The number of nitrogens with one attached hydrogen (secondary N) is 1. The van der Waals surface area contributed by atoms with Crippen molar-refractivity contribution in [3.8, 4) is 17.2 Å². The number of anilines is 1. The van der Waals surface area contributed by atoms with Crippen molar-refractivity contribution in [2.45, 2.75) is 31.1 Å². The second-order valence-electron chi connectivity index (χ2n) is 8.80. The lowest BCUT2D eigenvalue weighted by molar-refractivity contribution is 0.324. The third kappa shape index (κ3) is 5.91. The van der Waals surface area contributed by atoms with Gasteiger partial charge >= 0.3 is 0 Å². The smallest absolute Gasteiger partial charge is 0.261 e. The summed E-state index contributed by atoms with van der Waals surface area (Å²) in [5, 5.41) is 0. The van der Waals surface area contributed by atoms with E-state index in [1.165, 1.54) is 0 Å². The van der Waals surface area contributed by atoms with Crippen molar-refractivity contribution in [2.75, 3.05) is 26.1 Å². The van der Waals surface area contributed by atoms with Gasteiger partial charge in [-0.25, -0.2) is 8.42 Å². The maximum absolute atomic E-state index is 12.9. The largest absolute Gasteiger partial charge is 0.493 e. The van der Waals surface area contributed by atoms with Gasteiger partial charge < -0.3 is 14.2 Å². The fraction of sp³-hybridized carbons (Fsp3) is 0.259. The van der Waals surface area contributed by atoms with E-state index in [0.29, 0.717) is 22.9 Å². The number of rotatable bonds is 8. The molecule has 0 bridgehead atoms. The molecule has 0 amide bonds. The summed E-state index contributed by atoms with van der Waals surface area (Å²) >= 11 is 0. The van der Waals surface area contributed by atoms with E-state index in [9.17, 15) is 8.42 Å². The zero-order chi connectivity index (χ0) is 24.9. The quantitative estimate of drug-likeness (QED) is 0.401. The normalized spacial score (nSPS) is 11.9. The molecule has 7 heteroatoms. The molecule has 0 saturated heterocycles. The van der Waals surface area contributed by atoms with Crippen molar-refractivity contribution >= 4 is 27.9 Å². The highest BCUT2D eigenvalue weighted by Gasteiger charge is 2.18. The highest BCUT2D eigenvalue weighted by Crippen LogP contribution is 2.38. The predicted molar refractivity (Wildman–Crippen MR) is 137 cm³/mol. The number of hydrogen-bond acceptors (Lipinski definition) is 5. The van der Waals surface area contributed by atoms with Crippen LogP contribution in [0.2, 0.25) is 0 Å². The molecule has 0 aliphatic carbocycles. The molecule has 3 rings (SSSR count). The third-order valence-electron chi connectivity index (χ3n) is 5.32. The van der Waals surface area contributed by atoms with Gasteiger partial charge in [-0.2, -0.15) is 0 Å². The van der Waals surface area contributed by atoms with Crippen LogP contribution in [0, 0.1) is 0 Å². The third-order valence-corrected chi connectivity index (χ3v) is 6.72. The summed E-state index contributed by atoms with van der Waals surface area (Å²) in [6.45, 7) is 6.27. The molecule has 0 atom stereocenters. The van der Waals surface area contributed by atoms with Crippen molar-refractivity contribution in [2.24, 2.45) is 0 Å². The topological polar surface area (TPSA) is 73.9 Å². The Hall–Kier alpha value is -3.45. The monoisotopic (exact) mass is 481 g/mol. The molecular formula is C27H31NO5S. The van der Waals surface area contributed by atoms with Crippen LogP contribution in [0.1, 0.15) is 37.5 Å². The Kier molecular flexibility index (Phi) is 7.57. The molecule has 3 aromatic rings. The van der Waals surface area contributed by atoms with Crippen molar-refractivity contribution < 1.29 is 22.6 Å². The minimum Gasteiger partial charge on any atom is -0.493 e. The Morgan fingerprint density at radius 2 is 1.35 bits per heavy atom. The van der Waals surface area contributed by atoms with Gasteiger partial charge in [0, 0.05) is 5.69 Å². The first-order valence-electron chi connectivity index (χ1n) is 10.8. The van der Waals surface area contributed by atoms with Crippen LogP contribution in [0.4, 0.5) is 5.69 Å². The van der Waals surface area contributed by atoms with Crippen LogP contribution < -0.4 is 18.9 Å². The Morgan fingerprint density at radius 3 is 1.88 bits per heavy atom. The molecule has 0 aliphatic heterocycles. The lowest BCUT2D eigenvalue weighted by atomic mass is 9.87. The Morgan fingerprint density at radius 1 is 0.765 bits per heavy atom. The summed E-state index contributed by atoms with van der Waals surface area (Å²) in [5.74, 6) is 1.63. The number of methoxy groups -OCH3 is 3. The van der Waals surface area contributed by atoms with Crippen LogP contribution in [-0.2, 0) is 15.4 Å². The molecule has 34 heavy (non-hydrogen) atoms. The van der Waals surface area contributed by atoms with E-state index in [2.05, 4.69) is 25.5 Å². The van der Waals surface area contributed by atoms with Gasteiger partial charge in [0.05, 0.1) is 26.2 Å². The first kappa shape index (κ1) is 25.2. The summed E-state index contributed by atoms with van der Waals surface area (Å²) in [7, 11) is 0.984. The molecule has 0 saturated carbocycles. The maximum atomic E-state index is 12.9. The molecule has 0 fully saturated rings. The average Bonchev–Trinajstić information content (AvgIpc) is 2.81. The fourth-order valence-corrected chi connectivity index (χ4v) is 4.49. The van der Waals surface area contributed by atoms with Crippen LogP contribution in [0.3, 0.4) is 0 Å². The van der Waals surface area contributed by atoms with Crippen molar-refractivity contribution in [1.29, 1.82) is 0 Å². The van der Waals surface area contributed by atoms with E-state index < -0.39 is 10.0 Å². The highest BCUT2D eigenvalue weighted by molar-refractivity contribution is 7.92. The van der Waals surface area contributed by atoms with Crippen LogP contribution >= 0.6 is 0 Å². The van der Waals surface area contributed by atoms with Crippen LogP contribution in [0.25, 0.3) is 12.2 Å². The van der Waals surface area contributed by atoms with Gasteiger partial charge in [0.1, 0.15) is 0 Å². The molecule has 0 aliphatic rings. The van der Waals surface area contributed by atoms with E-state index >= 15 is 0 Å². The van der Waals surface area contributed by atoms with E-state index in [1.807, 2.05) is 42.5 Å². The van der Waals surface area contributed by atoms with Crippen molar-refractivity contribution in [1.82, 2.24) is 0 Å². The van der Waals surface area contributed by atoms with E-state index in [4.69, 9.17) is 14.2 Å². The zero-order valence-corrected chi connectivity index (χ0v) is 21.2. The molecular weight excluding hydrogens is 450 g/mol. The molecule has 180 valence electrons. The van der Waals surface area contributed by atoms with Gasteiger partial charge in [-0.1, -0.05) is 57.2 Å². The minimum absolute atomic E-state index is 0.0473. The maximum Gasteiger partial charge on any atom is 0.261 e. The summed E-state index contributed by atoms with van der Waals surface area (Å²) in [4.78, 5) is 0.221. The lowest BCUT2D eigenvalue weighted by Gasteiger charge is -2.19. The number of ether oxygens (including phenoxy) is 3. The van der Waals surface area contributed by atoms with Crippen LogP contribution in [0.5, 0.6) is 17.2 Å². The Bertz CT molecular complexity index is 1250. The Labute approximate surface area is 202 Å². The summed E-state index contributed by atoms with van der Waals surface area (Å²) < 4.78 is 44.6. The van der Waals surface area contributed by atoms with Crippen LogP contribution in [0.15, 0.2) is 65.6 Å². The molecule has 0 aromatic heterocycles. The van der Waals surface area contributed by atoms with E-state index in [1.54, 1.807) is 51.7 Å². The van der Waals surface area contributed by atoms with E-state index in [0.717, 1.165) is 16.7 Å². The Balaban J connectivity index is 1.82. The van der Waals surface area contributed by atoms with Crippen LogP contribution in [-0.4, -0.2) is 29.7 Å². The molecule has 0 unspecified atom stereocenters. The molecule has 0 spiro atoms. The summed E-state index contributed by atoms with van der Waals surface area (Å²) in [6.07, 6.45) is 3.78. The number of sulfonamides is 1. The molecule has 1 N–H and O–H groups in total. The van der Waals surface area contributed by atoms with Gasteiger partial charge in [-0.05, 0) is 58.5 Å². The minimum atomic E-state index is -3.71. The predicted octanol–water partition coefficient (Wildman–Crippen LogP) is 5.98. The van der Waals surface area contributed by atoms with E-state index in [-0.39, 0.29) is 10.3 Å². The first-order chi connectivity index (χ1) is 16.1. The molecule has 0 radical (unpaired) electrons. The lowest BCUT2D eigenvalue weighted by Crippen LogP contribution is -2.14. The molecule has 6 nitrogen and oxygen atoms in total. The summed E-state index contributed by atoms with van der Waals surface area (Å²) in [5.41, 5.74) is 3.18. The summed E-state index contributed by atoms with van der Waals surface area (Å²) in [6, 6.07) is 17.8. The number of hydrogen-bond donors (Lipinski definition) is 1. The second kappa shape index (κ2) is 10.2. The van der Waals surface area contributed by atoms with Gasteiger partial charge in [-0.15, -0.1) is 0 Å². The SMILES string of the molecule is COc1cc(/C=C\c2cccc(NS(=O)(=O)c3ccc(C(C)(C)C)cc3)c2)cc(OC)c1OC. The van der Waals surface area contributed by atoms with Gasteiger partial charge in [-0.3, -0.25) is 4.72 Å². The number of benzene rings is 3. The van der Waals surface area contributed by atoms with Crippen molar-refractivity contribution in [3.05, 3.63) is 77.4 Å². The second-order valence-corrected chi connectivity index (χ2v) is 10.5. The highest BCUT2D eigenvalue weighted by atomic mass is 32.2. The van der Waals surface area contributed by atoms with Gasteiger partial charge in [0.15, 0.2) is 11.5 Å². The van der Waals surface area contributed by atoms with Gasteiger partial charge in [0.2, 0.25) is 5.75 Å². The average molecular weight is 482 g/mol. The fourth-order valence-electron chi connectivity index (χ4n) is 3.44. The molecule has 0 heterocycles. The zero-order valence-electron chi connectivity index (χ0n) is 20.4. The van der Waals surface area contributed by atoms with Gasteiger partial charge in [0.25, 0.3) is 10.0 Å². The van der Waals surface area contributed by atoms with Crippen molar-refractivity contribution in [3.63, 3.8) is 0 Å². The molecule has 3 aromatic carbocycles.